The van der Waals surface area contributed by atoms with Gasteiger partial charge in [-0.3, -0.25) is 4.98 Å². The van der Waals surface area contributed by atoms with Gasteiger partial charge in [0.15, 0.2) is 0 Å². The molecule has 2 aromatic carbocycles. The van der Waals surface area contributed by atoms with Crippen molar-refractivity contribution < 1.29 is 0 Å². The Bertz CT molecular complexity index is 1770. The van der Waals surface area contributed by atoms with Gasteiger partial charge >= 0.3 is 0 Å². The molecule has 0 N–H and O–H groups in total. The van der Waals surface area contributed by atoms with Crippen molar-refractivity contribution in [1.29, 1.82) is 10.5 Å². The van der Waals surface area contributed by atoms with Crippen molar-refractivity contribution in [2.75, 3.05) is 0 Å². The molecule has 0 atom stereocenters. The van der Waals surface area contributed by atoms with Crippen LogP contribution < -0.4 is 0 Å². The maximum absolute atomic E-state index is 9.19. The number of aromatic nitrogens is 4. The summed E-state index contributed by atoms with van der Waals surface area (Å²) in [4.78, 5) is 17.9. The Kier molecular flexibility index (Phi) is 5.82. The first-order valence-electron chi connectivity index (χ1n) is 11.9. The third-order valence-corrected chi connectivity index (χ3v) is 6.26. The van der Waals surface area contributed by atoms with E-state index in [9.17, 15) is 5.26 Å². The van der Waals surface area contributed by atoms with Gasteiger partial charge in [0, 0.05) is 40.8 Å². The van der Waals surface area contributed by atoms with Crippen molar-refractivity contribution in [3.63, 3.8) is 0 Å². The molecule has 6 rings (SSSR count). The molecule has 0 amide bonds. The van der Waals surface area contributed by atoms with Crippen LogP contribution in [-0.4, -0.2) is 19.9 Å². The second kappa shape index (κ2) is 9.73. The Morgan fingerprint density at radius 2 is 1.11 bits per heavy atom. The molecule has 0 aliphatic heterocycles. The van der Waals surface area contributed by atoms with Crippen LogP contribution >= 0.6 is 0 Å². The summed E-state index contributed by atoms with van der Waals surface area (Å²) in [6.07, 6.45) is 4.89. The lowest BCUT2D eigenvalue weighted by Gasteiger charge is -2.09. The van der Waals surface area contributed by atoms with Crippen molar-refractivity contribution in [3.8, 4) is 57.2 Å². The molecule has 4 aromatic heterocycles. The second-order valence-corrected chi connectivity index (χ2v) is 8.71. The van der Waals surface area contributed by atoms with E-state index in [2.05, 4.69) is 58.5 Å². The molecule has 6 nitrogen and oxygen atoms in total. The first kappa shape index (κ1) is 22.7. The largest absolute Gasteiger partial charge is 0.263 e. The van der Waals surface area contributed by atoms with Gasteiger partial charge in [-0.1, -0.05) is 36.4 Å². The van der Waals surface area contributed by atoms with Crippen LogP contribution in [0.2, 0.25) is 0 Å². The SMILES string of the molecule is N#Cc1cncc(-c2cccc(-c3ccc4cc(-c5cccc(-c6ccnc(C#N)c6)n5)ccc4c3)n2)c1. The zero-order valence-corrected chi connectivity index (χ0v) is 20.1. The van der Waals surface area contributed by atoms with Crippen LogP contribution in [0.4, 0.5) is 0 Å². The molecule has 176 valence electrons. The highest BCUT2D eigenvalue weighted by atomic mass is 14.7. The first-order valence-corrected chi connectivity index (χ1v) is 11.9. The molecule has 0 aliphatic rings. The summed E-state index contributed by atoms with van der Waals surface area (Å²) >= 11 is 0. The highest BCUT2D eigenvalue weighted by molar-refractivity contribution is 5.90. The average molecular weight is 487 g/mol. The lowest BCUT2D eigenvalue weighted by molar-refractivity contribution is 1.25. The van der Waals surface area contributed by atoms with Crippen LogP contribution in [0.5, 0.6) is 0 Å². The molecule has 0 unspecified atom stereocenters. The molecule has 0 radical (unpaired) electrons. The fraction of sp³-hybridized carbons (Fsp3) is 0. The minimum atomic E-state index is 0.364. The van der Waals surface area contributed by atoms with Gasteiger partial charge in [-0.25, -0.2) is 15.0 Å². The Morgan fingerprint density at radius 3 is 1.68 bits per heavy atom. The van der Waals surface area contributed by atoms with E-state index < -0.39 is 0 Å². The molecule has 0 aliphatic carbocycles. The number of rotatable bonds is 4. The quantitative estimate of drug-likeness (QED) is 0.271. The lowest BCUT2D eigenvalue weighted by atomic mass is 10.0. The molecule has 6 aromatic rings. The van der Waals surface area contributed by atoms with E-state index in [1.807, 2.05) is 42.5 Å². The summed E-state index contributed by atoms with van der Waals surface area (Å²) in [5.41, 5.74) is 7.80. The topological polar surface area (TPSA) is 99.1 Å². The summed E-state index contributed by atoms with van der Waals surface area (Å²) in [5, 5.41) is 20.5. The summed E-state index contributed by atoms with van der Waals surface area (Å²) in [7, 11) is 0. The minimum Gasteiger partial charge on any atom is -0.263 e. The molecule has 0 bridgehead atoms. The monoisotopic (exact) mass is 486 g/mol. The number of nitriles is 2. The van der Waals surface area contributed by atoms with Crippen LogP contribution in [0.1, 0.15) is 11.3 Å². The zero-order valence-electron chi connectivity index (χ0n) is 20.1. The van der Waals surface area contributed by atoms with E-state index in [1.54, 1.807) is 30.7 Å². The lowest BCUT2D eigenvalue weighted by Crippen LogP contribution is -1.91. The summed E-state index contributed by atoms with van der Waals surface area (Å²) in [6.45, 7) is 0. The molecule has 0 saturated carbocycles. The van der Waals surface area contributed by atoms with Crippen molar-refractivity contribution >= 4 is 10.8 Å². The van der Waals surface area contributed by atoms with Gasteiger partial charge in [-0.05, 0) is 65.4 Å². The summed E-state index contributed by atoms with van der Waals surface area (Å²) < 4.78 is 0. The smallest absolute Gasteiger partial charge is 0.141 e. The van der Waals surface area contributed by atoms with Crippen molar-refractivity contribution in [2.45, 2.75) is 0 Å². The third kappa shape index (κ3) is 4.46. The standard InChI is InChI=1S/C32H18N6/c33-17-21-13-27(20-35-19-21)32-6-2-4-30(38-32)25-10-8-22-14-24(9-7-23(22)15-25)29-3-1-5-31(37-29)26-11-12-36-28(16-26)18-34/h1-16,19-20H. The Balaban J connectivity index is 1.33. The molecule has 38 heavy (non-hydrogen) atoms. The number of benzene rings is 2. The summed E-state index contributed by atoms with van der Waals surface area (Å²) in [5.74, 6) is 0. The van der Waals surface area contributed by atoms with E-state index in [4.69, 9.17) is 15.2 Å². The van der Waals surface area contributed by atoms with Gasteiger partial charge < -0.3 is 0 Å². The van der Waals surface area contributed by atoms with Gasteiger partial charge in [0.2, 0.25) is 0 Å². The second-order valence-electron chi connectivity index (χ2n) is 8.71. The molecule has 0 fully saturated rings. The van der Waals surface area contributed by atoms with Crippen molar-refractivity contribution in [1.82, 2.24) is 19.9 Å². The van der Waals surface area contributed by atoms with Crippen LogP contribution in [0.15, 0.2) is 110 Å². The van der Waals surface area contributed by atoms with Gasteiger partial charge in [0.1, 0.15) is 17.8 Å². The van der Waals surface area contributed by atoms with Crippen molar-refractivity contribution in [3.05, 3.63) is 121 Å². The van der Waals surface area contributed by atoms with E-state index in [1.165, 1.54) is 0 Å². The van der Waals surface area contributed by atoms with E-state index in [0.717, 1.165) is 55.8 Å². The Labute approximate surface area is 219 Å². The van der Waals surface area contributed by atoms with E-state index in [-0.39, 0.29) is 0 Å². The third-order valence-electron chi connectivity index (χ3n) is 6.26. The minimum absolute atomic E-state index is 0.364. The van der Waals surface area contributed by atoms with Gasteiger partial charge in [0.25, 0.3) is 0 Å². The highest BCUT2D eigenvalue weighted by Gasteiger charge is 2.09. The normalized spacial score (nSPS) is 10.6. The van der Waals surface area contributed by atoms with Crippen molar-refractivity contribution in [2.24, 2.45) is 0 Å². The van der Waals surface area contributed by atoms with Gasteiger partial charge in [-0.15, -0.1) is 0 Å². The predicted molar refractivity (Wildman–Crippen MR) is 146 cm³/mol. The summed E-state index contributed by atoms with van der Waals surface area (Å²) in [6, 6.07) is 33.9. The molecular formula is C32H18N6. The molecule has 0 spiro atoms. The average Bonchev–Trinajstić information content (AvgIpc) is 3.00. The first-order chi connectivity index (χ1) is 18.7. The molecular weight excluding hydrogens is 468 g/mol. The van der Waals surface area contributed by atoms with Crippen LogP contribution in [-0.2, 0) is 0 Å². The maximum Gasteiger partial charge on any atom is 0.141 e. The molecule has 4 heterocycles. The predicted octanol–water partition coefficient (Wildman–Crippen LogP) is 6.83. The maximum atomic E-state index is 9.19. The molecule has 6 heteroatoms. The number of nitrogens with zero attached hydrogens (tertiary/aromatic N) is 6. The van der Waals surface area contributed by atoms with Gasteiger partial charge in [0.05, 0.1) is 28.3 Å². The van der Waals surface area contributed by atoms with Crippen LogP contribution in [0, 0.1) is 22.7 Å². The van der Waals surface area contributed by atoms with Crippen LogP contribution in [0.3, 0.4) is 0 Å². The highest BCUT2D eigenvalue weighted by Crippen LogP contribution is 2.29. The number of fused-ring (bicyclic) bond motifs is 1. The zero-order chi connectivity index (χ0) is 25.9. The molecule has 0 saturated heterocycles. The fourth-order valence-corrected chi connectivity index (χ4v) is 4.37. The fourth-order valence-electron chi connectivity index (χ4n) is 4.37. The Morgan fingerprint density at radius 1 is 0.526 bits per heavy atom. The number of hydrogen-bond acceptors (Lipinski definition) is 6. The van der Waals surface area contributed by atoms with Crippen LogP contribution in [0.25, 0.3) is 55.8 Å². The van der Waals surface area contributed by atoms with Gasteiger partial charge in [-0.2, -0.15) is 10.5 Å². The number of pyridine rings is 4. The Hall–Kier alpha value is -5.72. The number of hydrogen-bond donors (Lipinski definition) is 0. The van der Waals surface area contributed by atoms with E-state index in [0.29, 0.717) is 11.3 Å². The van der Waals surface area contributed by atoms with E-state index >= 15 is 0 Å².